The van der Waals surface area contributed by atoms with E-state index in [9.17, 15) is 14.0 Å². The Hall–Kier alpha value is -4.00. The van der Waals surface area contributed by atoms with Gasteiger partial charge in [-0.2, -0.15) is 0 Å². The number of hydrogen-bond acceptors (Lipinski definition) is 5. The number of rotatable bonds is 6. The molecule has 0 saturated carbocycles. The number of aromatic nitrogens is 1. The van der Waals surface area contributed by atoms with Crippen molar-refractivity contribution in [3.8, 4) is 28.2 Å². The molecule has 4 aromatic rings. The summed E-state index contributed by atoms with van der Waals surface area (Å²) < 4.78 is 25.4. The molecule has 0 saturated heterocycles. The summed E-state index contributed by atoms with van der Waals surface area (Å²) in [6.07, 6.45) is 1.67. The molecule has 0 fully saturated rings. The monoisotopic (exact) mass is 446 g/mol. The first kappa shape index (κ1) is 22.2. The molecule has 0 radical (unpaired) electrons. The normalized spacial score (nSPS) is 10.9. The number of carbonyl (C=O) groups excluding carboxylic acids is 2. The van der Waals surface area contributed by atoms with E-state index in [4.69, 9.17) is 9.15 Å². The SMILES string of the molecule is CCOc1cc2oc(-c3ccc(F)cc3)c(C(=O)NC)c2cc1-c1cnc(C)c(C(C)=O)c1. The van der Waals surface area contributed by atoms with Crippen LogP contribution in [0.15, 0.2) is 53.1 Å². The fourth-order valence-electron chi connectivity index (χ4n) is 3.82. The fraction of sp³-hybridized carbons (Fsp3) is 0.192. The second-order valence-corrected chi connectivity index (χ2v) is 7.58. The van der Waals surface area contributed by atoms with Crippen molar-refractivity contribution < 1.29 is 23.1 Å². The van der Waals surface area contributed by atoms with E-state index < -0.39 is 0 Å². The molecule has 1 N–H and O–H groups in total. The number of hydrogen-bond donors (Lipinski definition) is 1. The standard InChI is InChI=1S/C26H23FN2O4/c1-5-32-22-12-23-21(11-20(22)17-10-19(15(3)30)14(2)29-13-17)24(26(31)28-4)25(33-23)16-6-8-18(27)9-7-16/h6-13H,5H2,1-4H3,(H,28,31). The maximum atomic E-state index is 13.5. The van der Waals surface area contributed by atoms with E-state index in [0.29, 0.717) is 62.6 Å². The van der Waals surface area contributed by atoms with Crippen molar-refractivity contribution in [3.05, 3.63) is 71.3 Å². The van der Waals surface area contributed by atoms with Gasteiger partial charge in [0.05, 0.1) is 12.2 Å². The van der Waals surface area contributed by atoms with Gasteiger partial charge in [0, 0.05) is 52.6 Å². The van der Waals surface area contributed by atoms with Crippen molar-refractivity contribution in [1.29, 1.82) is 0 Å². The van der Waals surface area contributed by atoms with Gasteiger partial charge in [0.15, 0.2) is 5.78 Å². The molecule has 0 atom stereocenters. The van der Waals surface area contributed by atoms with Crippen molar-refractivity contribution >= 4 is 22.7 Å². The van der Waals surface area contributed by atoms with Gasteiger partial charge in [0.2, 0.25) is 0 Å². The lowest BCUT2D eigenvalue weighted by molar-refractivity contribution is 0.0963. The molecule has 33 heavy (non-hydrogen) atoms. The maximum Gasteiger partial charge on any atom is 0.255 e. The van der Waals surface area contributed by atoms with Crippen LogP contribution in [0.5, 0.6) is 5.75 Å². The third-order valence-electron chi connectivity index (χ3n) is 5.43. The van der Waals surface area contributed by atoms with Crippen LogP contribution in [0.25, 0.3) is 33.4 Å². The molecule has 0 aliphatic carbocycles. The highest BCUT2D eigenvalue weighted by Crippen LogP contribution is 2.40. The van der Waals surface area contributed by atoms with Crippen molar-refractivity contribution in [3.63, 3.8) is 0 Å². The van der Waals surface area contributed by atoms with Crippen molar-refractivity contribution in [1.82, 2.24) is 10.3 Å². The number of benzene rings is 2. The number of ether oxygens (including phenoxy) is 1. The number of pyridine rings is 1. The Bertz CT molecular complexity index is 1370. The number of amides is 1. The zero-order valence-corrected chi connectivity index (χ0v) is 18.8. The summed E-state index contributed by atoms with van der Waals surface area (Å²) in [6.45, 7) is 5.55. The van der Waals surface area contributed by atoms with Gasteiger partial charge >= 0.3 is 0 Å². The molecule has 168 valence electrons. The van der Waals surface area contributed by atoms with Gasteiger partial charge in [0.1, 0.15) is 22.9 Å². The lowest BCUT2D eigenvalue weighted by Crippen LogP contribution is -2.18. The summed E-state index contributed by atoms with van der Waals surface area (Å²) >= 11 is 0. The summed E-state index contributed by atoms with van der Waals surface area (Å²) in [5, 5.41) is 3.22. The smallest absolute Gasteiger partial charge is 0.255 e. The van der Waals surface area contributed by atoms with E-state index >= 15 is 0 Å². The Balaban J connectivity index is 2.01. The number of carbonyl (C=O) groups is 2. The highest BCUT2D eigenvalue weighted by Gasteiger charge is 2.24. The Kier molecular flexibility index (Phi) is 5.96. The van der Waals surface area contributed by atoms with Crippen LogP contribution >= 0.6 is 0 Å². The highest BCUT2D eigenvalue weighted by atomic mass is 19.1. The molecule has 0 unspecified atom stereocenters. The number of aryl methyl sites for hydroxylation is 1. The molecular weight excluding hydrogens is 423 g/mol. The Labute approximate surface area is 190 Å². The van der Waals surface area contributed by atoms with Gasteiger partial charge in [-0.25, -0.2) is 4.39 Å². The summed E-state index contributed by atoms with van der Waals surface area (Å²) in [7, 11) is 1.54. The summed E-state index contributed by atoms with van der Waals surface area (Å²) in [5.74, 6) is 0.0531. The van der Waals surface area contributed by atoms with E-state index in [1.807, 2.05) is 6.92 Å². The van der Waals surface area contributed by atoms with Crippen LogP contribution in [0.1, 0.15) is 40.3 Å². The predicted molar refractivity (Wildman–Crippen MR) is 124 cm³/mol. The van der Waals surface area contributed by atoms with Crippen LogP contribution in [-0.4, -0.2) is 30.3 Å². The first-order chi connectivity index (χ1) is 15.8. The first-order valence-electron chi connectivity index (χ1n) is 10.5. The second kappa shape index (κ2) is 8.86. The molecule has 0 bridgehead atoms. The quantitative estimate of drug-likeness (QED) is 0.392. The van der Waals surface area contributed by atoms with Crippen LogP contribution in [0.2, 0.25) is 0 Å². The first-order valence-corrected chi connectivity index (χ1v) is 10.5. The number of nitrogens with zero attached hydrogens (tertiary/aromatic N) is 1. The van der Waals surface area contributed by atoms with Crippen LogP contribution < -0.4 is 10.1 Å². The molecule has 7 heteroatoms. The Morgan fingerprint density at radius 1 is 1.12 bits per heavy atom. The molecule has 6 nitrogen and oxygen atoms in total. The topological polar surface area (TPSA) is 81.4 Å². The molecule has 1 amide bonds. The largest absolute Gasteiger partial charge is 0.493 e. The number of ketones is 1. The third kappa shape index (κ3) is 4.09. The maximum absolute atomic E-state index is 13.5. The van der Waals surface area contributed by atoms with E-state index in [0.717, 1.165) is 0 Å². The molecule has 2 aromatic heterocycles. The van der Waals surface area contributed by atoms with Gasteiger partial charge in [0.25, 0.3) is 5.91 Å². The average Bonchev–Trinajstić information content (AvgIpc) is 3.17. The number of Topliss-reactive ketones (excluding diaryl/α,β-unsaturated/α-hetero) is 1. The number of halogens is 1. The Morgan fingerprint density at radius 3 is 2.48 bits per heavy atom. The lowest BCUT2D eigenvalue weighted by Gasteiger charge is -2.12. The van der Waals surface area contributed by atoms with Crippen LogP contribution in [0.4, 0.5) is 4.39 Å². The summed E-state index contributed by atoms with van der Waals surface area (Å²) in [4.78, 5) is 29.3. The molecule has 2 aromatic carbocycles. The molecule has 0 spiro atoms. The molecular formula is C26H23FN2O4. The minimum Gasteiger partial charge on any atom is -0.493 e. The number of furan rings is 1. The number of fused-ring (bicyclic) bond motifs is 1. The van der Waals surface area contributed by atoms with Gasteiger partial charge in [-0.15, -0.1) is 0 Å². The zero-order valence-electron chi connectivity index (χ0n) is 18.8. The second-order valence-electron chi connectivity index (χ2n) is 7.58. The Morgan fingerprint density at radius 2 is 1.85 bits per heavy atom. The van der Waals surface area contributed by atoms with E-state index in [-0.39, 0.29) is 17.5 Å². The van der Waals surface area contributed by atoms with E-state index in [1.165, 1.54) is 26.1 Å². The van der Waals surface area contributed by atoms with Gasteiger partial charge < -0.3 is 14.5 Å². The summed E-state index contributed by atoms with van der Waals surface area (Å²) in [6, 6.07) is 11.1. The van der Waals surface area contributed by atoms with Crippen molar-refractivity contribution in [2.24, 2.45) is 0 Å². The zero-order chi connectivity index (χ0) is 23.7. The van der Waals surface area contributed by atoms with Crippen LogP contribution in [0.3, 0.4) is 0 Å². The van der Waals surface area contributed by atoms with Crippen LogP contribution in [-0.2, 0) is 0 Å². The lowest BCUT2D eigenvalue weighted by atomic mass is 9.98. The molecule has 0 aliphatic rings. The minimum atomic E-state index is -0.384. The van der Waals surface area contributed by atoms with E-state index in [2.05, 4.69) is 10.3 Å². The van der Waals surface area contributed by atoms with Gasteiger partial charge in [-0.1, -0.05) is 0 Å². The third-order valence-corrected chi connectivity index (χ3v) is 5.43. The summed E-state index contributed by atoms with van der Waals surface area (Å²) in [5.41, 5.74) is 3.86. The fourth-order valence-corrected chi connectivity index (χ4v) is 3.82. The van der Waals surface area contributed by atoms with E-state index in [1.54, 1.807) is 43.5 Å². The van der Waals surface area contributed by atoms with Gasteiger partial charge in [-0.05, 0) is 57.2 Å². The minimum absolute atomic E-state index is 0.0890. The average molecular weight is 446 g/mol. The number of nitrogens with one attached hydrogen (secondary N) is 1. The van der Waals surface area contributed by atoms with Crippen molar-refractivity contribution in [2.45, 2.75) is 20.8 Å². The predicted octanol–water partition coefficient (Wildman–Crippen LogP) is 5.57. The van der Waals surface area contributed by atoms with Crippen molar-refractivity contribution in [2.75, 3.05) is 13.7 Å². The van der Waals surface area contributed by atoms with Gasteiger partial charge in [-0.3, -0.25) is 14.6 Å². The molecule has 2 heterocycles. The highest BCUT2D eigenvalue weighted by molar-refractivity contribution is 6.12. The molecule has 4 rings (SSSR count). The molecule has 0 aliphatic heterocycles. The van der Waals surface area contributed by atoms with Crippen LogP contribution in [0, 0.1) is 12.7 Å².